The predicted molar refractivity (Wildman–Crippen MR) is 89.6 cm³/mol. The standard InChI is InChI=1S/C18H19NO3S/c1-19(2)17(20)16(12-7-4-3-5-8-12)22-18(21)15-11-13-9-6-10-14(13)23-15/h3-5,7-8,11,16H,6,9-10H2,1-2H3/t16-/m1/s1. The quantitative estimate of drug-likeness (QED) is 0.809. The fourth-order valence-corrected chi connectivity index (χ4v) is 3.85. The molecule has 0 N–H and O–H groups in total. The van der Waals surface area contributed by atoms with Crippen molar-refractivity contribution >= 4 is 23.2 Å². The van der Waals surface area contributed by atoms with Crippen molar-refractivity contribution in [2.75, 3.05) is 14.1 Å². The number of rotatable bonds is 4. The van der Waals surface area contributed by atoms with Crippen LogP contribution in [0.4, 0.5) is 0 Å². The van der Waals surface area contributed by atoms with Crippen LogP contribution in [-0.4, -0.2) is 30.9 Å². The number of carbonyl (C=O) groups is 2. The summed E-state index contributed by atoms with van der Waals surface area (Å²) in [5.74, 6) is -0.665. The summed E-state index contributed by atoms with van der Waals surface area (Å²) in [7, 11) is 3.32. The number of fused-ring (bicyclic) bond motifs is 1. The zero-order valence-corrected chi connectivity index (χ0v) is 14.1. The summed E-state index contributed by atoms with van der Waals surface area (Å²) < 4.78 is 5.56. The highest BCUT2D eigenvalue weighted by molar-refractivity contribution is 7.14. The van der Waals surface area contributed by atoms with Crippen LogP contribution in [0.5, 0.6) is 0 Å². The summed E-state index contributed by atoms with van der Waals surface area (Å²) in [5.41, 5.74) is 1.93. The molecule has 0 aliphatic heterocycles. The van der Waals surface area contributed by atoms with Gasteiger partial charge < -0.3 is 9.64 Å². The first kappa shape index (κ1) is 15.7. The van der Waals surface area contributed by atoms with Gasteiger partial charge in [-0.05, 0) is 30.9 Å². The monoisotopic (exact) mass is 329 g/mol. The molecule has 1 aliphatic carbocycles. The number of amides is 1. The van der Waals surface area contributed by atoms with Crippen molar-refractivity contribution in [3.8, 4) is 0 Å². The second kappa shape index (κ2) is 6.54. The van der Waals surface area contributed by atoms with Crippen LogP contribution in [0, 0.1) is 0 Å². The van der Waals surface area contributed by atoms with Crippen LogP contribution in [0.25, 0.3) is 0 Å². The minimum Gasteiger partial charge on any atom is -0.443 e. The molecule has 1 aliphatic rings. The Bertz CT molecular complexity index is 700. The highest BCUT2D eigenvalue weighted by Crippen LogP contribution is 2.32. The smallest absolute Gasteiger partial charge is 0.349 e. The van der Waals surface area contributed by atoms with Gasteiger partial charge in [0.15, 0.2) is 0 Å². The van der Waals surface area contributed by atoms with Crippen LogP contribution < -0.4 is 0 Å². The Morgan fingerprint density at radius 1 is 1.17 bits per heavy atom. The Balaban J connectivity index is 1.82. The van der Waals surface area contributed by atoms with Gasteiger partial charge in [0.1, 0.15) is 4.88 Å². The number of hydrogen-bond donors (Lipinski definition) is 0. The first-order valence-corrected chi connectivity index (χ1v) is 8.46. The zero-order valence-electron chi connectivity index (χ0n) is 13.2. The molecule has 23 heavy (non-hydrogen) atoms. The maximum Gasteiger partial charge on any atom is 0.349 e. The second-order valence-electron chi connectivity index (χ2n) is 5.84. The van der Waals surface area contributed by atoms with Gasteiger partial charge >= 0.3 is 5.97 Å². The molecular weight excluding hydrogens is 310 g/mol. The maximum absolute atomic E-state index is 12.5. The van der Waals surface area contributed by atoms with Crippen molar-refractivity contribution in [1.82, 2.24) is 4.90 Å². The van der Waals surface area contributed by atoms with E-state index in [1.807, 2.05) is 24.3 Å². The van der Waals surface area contributed by atoms with Gasteiger partial charge in [0.2, 0.25) is 6.10 Å². The molecule has 5 heteroatoms. The van der Waals surface area contributed by atoms with Gasteiger partial charge in [-0.2, -0.15) is 0 Å². The van der Waals surface area contributed by atoms with Crippen LogP contribution in [0.3, 0.4) is 0 Å². The molecule has 0 fully saturated rings. The third-order valence-electron chi connectivity index (χ3n) is 3.94. The largest absolute Gasteiger partial charge is 0.443 e. The van der Waals surface area contributed by atoms with Gasteiger partial charge in [0, 0.05) is 24.5 Å². The van der Waals surface area contributed by atoms with E-state index in [1.54, 1.807) is 26.2 Å². The minimum absolute atomic E-state index is 0.242. The normalized spacial score (nSPS) is 14.2. The lowest BCUT2D eigenvalue weighted by atomic mass is 10.1. The van der Waals surface area contributed by atoms with Crippen LogP contribution >= 0.6 is 11.3 Å². The van der Waals surface area contributed by atoms with E-state index in [2.05, 4.69) is 0 Å². The minimum atomic E-state index is -0.907. The van der Waals surface area contributed by atoms with Crippen LogP contribution in [0.15, 0.2) is 36.4 Å². The van der Waals surface area contributed by atoms with E-state index < -0.39 is 12.1 Å². The lowest BCUT2D eigenvalue weighted by Gasteiger charge is -2.20. The summed E-state index contributed by atoms with van der Waals surface area (Å²) in [6.45, 7) is 0. The Hall–Kier alpha value is -2.14. The Morgan fingerprint density at radius 3 is 2.57 bits per heavy atom. The number of benzene rings is 1. The summed E-state index contributed by atoms with van der Waals surface area (Å²) >= 11 is 1.49. The van der Waals surface area contributed by atoms with Crippen molar-refractivity contribution in [2.24, 2.45) is 0 Å². The average Bonchev–Trinajstić information content (AvgIpc) is 3.14. The summed E-state index contributed by atoms with van der Waals surface area (Å²) in [5, 5.41) is 0. The van der Waals surface area contributed by atoms with Gasteiger partial charge in [-0.3, -0.25) is 4.79 Å². The lowest BCUT2D eigenvalue weighted by Crippen LogP contribution is -2.31. The molecule has 1 amide bonds. The van der Waals surface area contributed by atoms with Crippen LogP contribution in [0.2, 0.25) is 0 Å². The fraction of sp³-hybridized carbons (Fsp3) is 0.333. The van der Waals surface area contributed by atoms with E-state index >= 15 is 0 Å². The zero-order chi connectivity index (χ0) is 16.4. The number of nitrogens with zero attached hydrogens (tertiary/aromatic N) is 1. The summed E-state index contributed by atoms with van der Waals surface area (Å²) in [6.07, 6.45) is 2.31. The van der Waals surface area contributed by atoms with Crippen LogP contribution in [0.1, 0.15) is 38.2 Å². The average molecular weight is 329 g/mol. The molecule has 1 atom stereocenters. The SMILES string of the molecule is CN(C)C(=O)[C@H](OC(=O)c1cc2c(s1)CCC2)c1ccccc1. The third kappa shape index (κ3) is 3.29. The Labute approximate surface area is 139 Å². The van der Waals surface area contributed by atoms with E-state index in [-0.39, 0.29) is 5.91 Å². The number of carbonyl (C=O) groups excluding carboxylic acids is 2. The second-order valence-corrected chi connectivity index (χ2v) is 6.98. The van der Waals surface area contributed by atoms with Crippen LogP contribution in [-0.2, 0) is 22.4 Å². The lowest BCUT2D eigenvalue weighted by molar-refractivity contribution is -0.138. The van der Waals surface area contributed by atoms with Crippen molar-refractivity contribution < 1.29 is 14.3 Å². The molecule has 1 aromatic heterocycles. The van der Waals surface area contributed by atoms with E-state index in [0.717, 1.165) is 19.3 Å². The van der Waals surface area contributed by atoms with Gasteiger partial charge in [-0.15, -0.1) is 11.3 Å². The highest BCUT2D eigenvalue weighted by atomic mass is 32.1. The predicted octanol–water partition coefficient (Wildman–Crippen LogP) is 3.22. The van der Waals surface area contributed by atoms with E-state index in [4.69, 9.17) is 4.74 Å². The molecule has 1 aromatic carbocycles. The molecule has 2 aromatic rings. The number of hydrogen-bond acceptors (Lipinski definition) is 4. The molecule has 120 valence electrons. The first-order chi connectivity index (χ1) is 11.1. The number of aryl methyl sites for hydroxylation is 2. The molecule has 0 bridgehead atoms. The first-order valence-electron chi connectivity index (χ1n) is 7.65. The number of thiophene rings is 1. The summed E-state index contributed by atoms with van der Waals surface area (Å²) in [6, 6.07) is 11.0. The molecule has 1 heterocycles. The van der Waals surface area contributed by atoms with Gasteiger partial charge in [-0.25, -0.2) is 4.79 Å². The van der Waals surface area contributed by atoms with E-state index in [9.17, 15) is 9.59 Å². The fourth-order valence-electron chi connectivity index (χ4n) is 2.72. The maximum atomic E-state index is 12.5. The topological polar surface area (TPSA) is 46.6 Å². The molecule has 0 saturated heterocycles. The molecule has 0 spiro atoms. The Morgan fingerprint density at radius 2 is 1.91 bits per heavy atom. The Kier molecular flexibility index (Phi) is 4.48. The van der Waals surface area contributed by atoms with Crippen molar-refractivity contribution in [1.29, 1.82) is 0 Å². The molecule has 0 radical (unpaired) electrons. The molecule has 0 unspecified atom stereocenters. The number of ether oxygens (including phenoxy) is 1. The highest BCUT2D eigenvalue weighted by Gasteiger charge is 2.28. The number of likely N-dealkylation sites (N-methyl/N-ethyl adjacent to an activating group) is 1. The van der Waals surface area contributed by atoms with Crippen molar-refractivity contribution in [3.05, 3.63) is 57.3 Å². The van der Waals surface area contributed by atoms with Gasteiger partial charge in [0.25, 0.3) is 5.91 Å². The van der Waals surface area contributed by atoms with Crippen molar-refractivity contribution in [3.63, 3.8) is 0 Å². The third-order valence-corrected chi connectivity index (χ3v) is 5.16. The molecular formula is C18H19NO3S. The van der Waals surface area contributed by atoms with Gasteiger partial charge in [-0.1, -0.05) is 30.3 Å². The summed E-state index contributed by atoms with van der Waals surface area (Å²) in [4.78, 5) is 28.2. The molecule has 0 saturated carbocycles. The van der Waals surface area contributed by atoms with E-state index in [0.29, 0.717) is 10.4 Å². The molecule has 3 rings (SSSR count). The van der Waals surface area contributed by atoms with E-state index in [1.165, 1.54) is 26.7 Å². The number of esters is 1. The van der Waals surface area contributed by atoms with Gasteiger partial charge in [0.05, 0.1) is 0 Å². The van der Waals surface area contributed by atoms with Crippen molar-refractivity contribution in [2.45, 2.75) is 25.4 Å². The molecule has 4 nitrogen and oxygen atoms in total.